The summed E-state index contributed by atoms with van der Waals surface area (Å²) in [5.41, 5.74) is 6.01. The number of nitrogens with zero attached hydrogens (tertiary/aromatic N) is 4. The van der Waals surface area contributed by atoms with Crippen molar-refractivity contribution in [1.29, 1.82) is 0 Å². The largest absolute Gasteiger partial charge is 0.490 e. The molecule has 2 aliphatic rings. The first kappa shape index (κ1) is 23.1. The molecule has 2 aromatic rings. The number of fused-ring (bicyclic) bond motifs is 1. The van der Waals surface area contributed by atoms with Crippen LogP contribution in [0.3, 0.4) is 0 Å². The van der Waals surface area contributed by atoms with E-state index in [9.17, 15) is 13.2 Å². The number of aryl methyl sites for hydroxylation is 2. The predicted molar refractivity (Wildman–Crippen MR) is 103 cm³/mol. The highest BCUT2D eigenvalue weighted by atomic mass is 19.4. The molecule has 0 saturated carbocycles. The predicted octanol–water partition coefficient (Wildman–Crippen LogP) is 2.82. The van der Waals surface area contributed by atoms with Crippen LogP contribution in [0.2, 0.25) is 0 Å². The average molecular weight is 442 g/mol. The van der Waals surface area contributed by atoms with E-state index in [1.165, 1.54) is 22.5 Å². The molecule has 0 bridgehead atoms. The number of carbonyl (C=O) groups is 1. The van der Waals surface area contributed by atoms with Crippen molar-refractivity contribution in [3.63, 3.8) is 0 Å². The molecule has 8 nitrogen and oxygen atoms in total. The van der Waals surface area contributed by atoms with Crippen molar-refractivity contribution in [2.75, 3.05) is 26.3 Å². The summed E-state index contributed by atoms with van der Waals surface area (Å²) >= 11 is 0. The fourth-order valence-corrected chi connectivity index (χ4v) is 3.81. The van der Waals surface area contributed by atoms with Gasteiger partial charge in [-0.3, -0.25) is 4.90 Å². The van der Waals surface area contributed by atoms with E-state index in [2.05, 4.69) is 20.0 Å². The molecule has 2 aliphatic heterocycles. The van der Waals surface area contributed by atoms with Crippen LogP contribution in [-0.4, -0.2) is 63.6 Å². The summed E-state index contributed by atoms with van der Waals surface area (Å²) in [5.74, 6) is -1.39. The van der Waals surface area contributed by atoms with Crippen LogP contribution in [0.25, 0.3) is 0 Å². The summed E-state index contributed by atoms with van der Waals surface area (Å²) in [6, 6.07) is 0. The molecular formula is C20H25F3N4O4. The van der Waals surface area contributed by atoms with E-state index in [4.69, 9.17) is 19.2 Å². The van der Waals surface area contributed by atoms with E-state index in [-0.39, 0.29) is 0 Å². The van der Waals surface area contributed by atoms with Crippen LogP contribution < -0.4 is 0 Å². The van der Waals surface area contributed by atoms with Crippen molar-refractivity contribution in [1.82, 2.24) is 20.0 Å². The summed E-state index contributed by atoms with van der Waals surface area (Å²) in [6.07, 6.45) is -0.296. The van der Waals surface area contributed by atoms with Gasteiger partial charge in [-0.2, -0.15) is 13.2 Å². The Hall–Kier alpha value is -2.53. The average Bonchev–Trinajstić information content (AvgIpc) is 3.29. The molecule has 170 valence electrons. The van der Waals surface area contributed by atoms with Gasteiger partial charge in [0.2, 0.25) is 0 Å². The minimum Gasteiger partial charge on any atom is -0.475 e. The van der Waals surface area contributed by atoms with Crippen molar-refractivity contribution in [3.8, 4) is 0 Å². The lowest BCUT2D eigenvalue weighted by Crippen LogP contribution is -2.26. The SMILES string of the molecule is Cc1noc(C)c1CN1CCc2ncnc(C3CCOC3)c2CC1.O=C(O)C(F)(F)F. The molecular weight excluding hydrogens is 417 g/mol. The van der Waals surface area contributed by atoms with Gasteiger partial charge in [-0.25, -0.2) is 14.8 Å². The zero-order chi connectivity index (χ0) is 22.6. The van der Waals surface area contributed by atoms with Gasteiger partial charge in [0, 0.05) is 49.8 Å². The molecule has 4 heterocycles. The van der Waals surface area contributed by atoms with Crippen molar-refractivity contribution < 1.29 is 32.3 Å². The highest BCUT2D eigenvalue weighted by Gasteiger charge is 2.38. The lowest BCUT2D eigenvalue weighted by molar-refractivity contribution is -0.192. The molecule has 1 N–H and O–H groups in total. The van der Waals surface area contributed by atoms with E-state index >= 15 is 0 Å². The van der Waals surface area contributed by atoms with Gasteiger partial charge in [0.05, 0.1) is 18.0 Å². The van der Waals surface area contributed by atoms with Crippen LogP contribution >= 0.6 is 0 Å². The second kappa shape index (κ2) is 9.73. The molecule has 1 atom stereocenters. The first-order valence-electron chi connectivity index (χ1n) is 10.0. The molecule has 0 aliphatic carbocycles. The van der Waals surface area contributed by atoms with Crippen molar-refractivity contribution in [3.05, 3.63) is 40.3 Å². The number of rotatable bonds is 3. The minimum absolute atomic E-state index is 0.441. The third kappa shape index (κ3) is 5.79. The Balaban J connectivity index is 0.000000339. The van der Waals surface area contributed by atoms with Crippen LogP contribution in [0.4, 0.5) is 13.2 Å². The summed E-state index contributed by atoms with van der Waals surface area (Å²) < 4.78 is 42.6. The Bertz CT molecular complexity index is 891. The summed E-state index contributed by atoms with van der Waals surface area (Å²) in [5, 5.41) is 11.2. The molecule has 1 unspecified atom stereocenters. The second-order valence-electron chi connectivity index (χ2n) is 7.63. The Morgan fingerprint density at radius 2 is 1.97 bits per heavy atom. The maximum Gasteiger partial charge on any atom is 0.490 e. The molecule has 0 spiro atoms. The molecule has 4 rings (SSSR count). The first-order valence-corrected chi connectivity index (χ1v) is 10.0. The smallest absolute Gasteiger partial charge is 0.475 e. The Kier molecular flexibility index (Phi) is 7.26. The molecule has 1 fully saturated rings. The topological polar surface area (TPSA) is 102 Å². The van der Waals surface area contributed by atoms with E-state index in [1.807, 2.05) is 13.8 Å². The number of halogens is 3. The Morgan fingerprint density at radius 3 is 2.55 bits per heavy atom. The molecule has 2 aromatic heterocycles. The van der Waals surface area contributed by atoms with Gasteiger partial charge in [0.1, 0.15) is 12.1 Å². The lowest BCUT2D eigenvalue weighted by Gasteiger charge is -2.19. The van der Waals surface area contributed by atoms with E-state index < -0.39 is 12.1 Å². The van der Waals surface area contributed by atoms with Gasteiger partial charge in [0.25, 0.3) is 0 Å². The van der Waals surface area contributed by atoms with Crippen LogP contribution in [-0.2, 0) is 28.9 Å². The standard InChI is InChI=1S/C18H24N4O2.C2HF3O2/c1-12-16(13(2)24-21-12)9-22-6-3-15-17(4-7-22)19-11-20-18(15)14-5-8-23-10-14;3-2(4,5)1(6)7/h11,14H,3-10H2,1-2H3;(H,6,7). The second-order valence-corrected chi connectivity index (χ2v) is 7.63. The molecule has 31 heavy (non-hydrogen) atoms. The fraction of sp³-hybridized carbons (Fsp3) is 0.600. The van der Waals surface area contributed by atoms with Gasteiger partial charge in [-0.1, -0.05) is 5.16 Å². The molecule has 1 saturated heterocycles. The quantitative estimate of drug-likeness (QED) is 0.775. The third-order valence-corrected chi connectivity index (χ3v) is 5.53. The number of hydrogen-bond donors (Lipinski definition) is 1. The van der Waals surface area contributed by atoms with Crippen molar-refractivity contribution in [2.45, 2.75) is 51.7 Å². The van der Waals surface area contributed by atoms with Crippen LogP contribution in [0.1, 0.15) is 46.3 Å². The fourth-order valence-electron chi connectivity index (χ4n) is 3.81. The van der Waals surface area contributed by atoms with Crippen LogP contribution in [0.15, 0.2) is 10.9 Å². The number of carboxylic acids is 1. The molecule has 0 aromatic carbocycles. The monoisotopic (exact) mass is 442 g/mol. The van der Waals surface area contributed by atoms with E-state index in [0.29, 0.717) is 5.92 Å². The summed E-state index contributed by atoms with van der Waals surface area (Å²) in [4.78, 5) is 20.5. The lowest BCUT2D eigenvalue weighted by atomic mass is 9.96. The molecule has 11 heteroatoms. The normalized spacial score (nSPS) is 19.3. The summed E-state index contributed by atoms with van der Waals surface area (Å²) in [7, 11) is 0. The van der Waals surface area contributed by atoms with Gasteiger partial charge >= 0.3 is 12.1 Å². The van der Waals surface area contributed by atoms with Gasteiger partial charge < -0.3 is 14.4 Å². The number of alkyl halides is 3. The zero-order valence-electron chi connectivity index (χ0n) is 17.4. The Morgan fingerprint density at radius 1 is 1.26 bits per heavy atom. The number of aliphatic carboxylic acids is 1. The van der Waals surface area contributed by atoms with E-state index in [1.54, 1.807) is 6.33 Å². The van der Waals surface area contributed by atoms with Gasteiger partial charge in [-0.05, 0) is 32.3 Å². The van der Waals surface area contributed by atoms with Crippen molar-refractivity contribution >= 4 is 5.97 Å². The maximum atomic E-state index is 10.6. The van der Waals surface area contributed by atoms with Gasteiger partial charge in [-0.15, -0.1) is 0 Å². The number of carboxylic acid groups (broad SMARTS) is 1. The first-order chi connectivity index (χ1) is 14.7. The van der Waals surface area contributed by atoms with Crippen LogP contribution in [0.5, 0.6) is 0 Å². The van der Waals surface area contributed by atoms with Crippen LogP contribution in [0, 0.1) is 13.8 Å². The highest BCUT2D eigenvalue weighted by Crippen LogP contribution is 2.29. The summed E-state index contributed by atoms with van der Waals surface area (Å²) in [6.45, 7) is 8.58. The molecule has 0 radical (unpaired) electrons. The minimum atomic E-state index is -5.08. The van der Waals surface area contributed by atoms with E-state index in [0.717, 1.165) is 63.6 Å². The Labute approximate surface area is 177 Å². The number of ether oxygens (including phenoxy) is 1. The third-order valence-electron chi connectivity index (χ3n) is 5.53. The zero-order valence-corrected chi connectivity index (χ0v) is 17.4. The molecule has 0 amide bonds. The highest BCUT2D eigenvalue weighted by molar-refractivity contribution is 5.73. The number of hydrogen-bond acceptors (Lipinski definition) is 7. The van der Waals surface area contributed by atoms with Gasteiger partial charge in [0.15, 0.2) is 0 Å². The maximum absolute atomic E-state index is 10.6. The number of aromatic nitrogens is 3. The van der Waals surface area contributed by atoms with Crippen molar-refractivity contribution in [2.24, 2.45) is 0 Å².